The molecule has 0 radical (unpaired) electrons. The average molecular weight is 553 g/mol. The number of carbonyl (C=O) groups is 1. The Morgan fingerprint density at radius 1 is 0.938 bits per heavy atom. The Morgan fingerprint density at radius 2 is 1.50 bits per heavy atom. The number of amidine groups is 1. The minimum absolute atomic E-state index is 0.247. The summed E-state index contributed by atoms with van der Waals surface area (Å²) in [6.45, 7) is 6.86. The number of nitrogens with one attached hydrogen (secondary N) is 1. The van der Waals surface area contributed by atoms with E-state index in [9.17, 15) is 10.0 Å². The molecule has 0 saturated carbocycles. The monoisotopic (exact) mass is 554 g/mol. The van der Waals surface area contributed by atoms with Gasteiger partial charge in [0.05, 0.1) is 0 Å². The molecule has 0 aromatic heterocycles. The second-order valence-electron chi connectivity index (χ2n) is 9.22. The van der Waals surface area contributed by atoms with Crippen molar-refractivity contribution >= 4 is 35.9 Å². The molecule has 0 bridgehead atoms. The third-order valence-corrected chi connectivity index (χ3v) is 24.6. The predicted octanol–water partition coefficient (Wildman–Crippen LogP) is 7.95. The minimum atomic E-state index is -2.59. The molecule has 6 heteroatoms. The van der Waals surface area contributed by atoms with Crippen LogP contribution in [0.15, 0.2) is 35.3 Å². The molecule has 1 aromatic carbocycles. The number of carboxylic acids is 1. The number of para-hydroxylation sites is 1. The Labute approximate surface area is 199 Å². The van der Waals surface area contributed by atoms with Crippen LogP contribution < -0.4 is 5.48 Å². The molecule has 1 rings (SSSR count). The topological polar surface area (TPSA) is 81.9 Å². The molecular formula is C26H46N2O3Sn. The van der Waals surface area contributed by atoms with Crippen LogP contribution in [0, 0.1) is 0 Å². The number of rotatable bonds is 18. The molecule has 0 heterocycles. The molecule has 0 fully saturated rings. The Hall–Kier alpha value is -1.08. The van der Waals surface area contributed by atoms with E-state index in [0.29, 0.717) is 9.77 Å². The summed E-state index contributed by atoms with van der Waals surface area (Å²) in [6, 6.07) is 9.81. The second-order valence-corrected chi connectivity index (χ2v) is 23.6. The number of hydroxylamine groups is 1. The van der Waals surface area contributed by atoms with Gasteiger partial charge >= 0.3 is 200 Å². The van der Waals surface area contributed by atoms with Gasteiger partial charge in [0.25, 0.3) is 0 Å². The molecule has 0 amide bonds. The van der Waals surface area contributed by atoms with E-state index in [1.807, 2.05) is 30.3 Å². The van der Waals surface area contributed by atoms with E-state index >= 15 is 0 Å². The fraction of sp³-hybridized carbons (Fsp3) is 0.692. The van der Waals surface area contributed by atoms with Crippen LogP contribution in [0.1, 0.15) is 91.4 Å². The number of aliphatic carboxylic acids is 1. The third-order valence-electron chi connectivity index (χ3n) is 6.73. The quantitative estimate of drug-likeness (QED) is 0.0567. The van der Waals surface area contributed by atoms with Crippen LogP contribution >= 0.6 is 0 Å². The second kappa shape index (κ2) is 17.4. The number of hydrogen-bond acceptors (Lipinski definition) is 3. The third kappa shape index (κ3) is 11.2. The van der Waals surface area contributed by atoms with Crippen molar-refractivity contribution in [1.82, 2.24) is 5.48 Å². The molecule has 0 aliphatic rings. The zero-order chi connectivity index (χ0) is 23.7. The maximum absolute atomic E-state index is 11.0. The van der Waals surface area contributed by atoms with Crippen molar-refractivity contribution < 1.29 is 15.1 Å². The van der Waals surface area contributed by atoms with Gasteiger partial charge in [-0.1, -0.05) is 0 Å². The molecule has 0 spiro atoms. The van der Waals surface area contributed by atoms with Crippen molar-refractivity contribution in [1.29, 1.82) is 0 Å². The summed E-state index contributed by atoms with van der Waals surface area (Å²) < 4.78 is 4.78. The molecule has 0 aliphatic carbocycles. The van der Waals surface area contributed by atoms with E-state index in [2.05, 4.69) is 26.3 Å². The first-order chi connectivity index (χ1) is 15.5. The molecule has 3 N–H and O–H groups in total. The van der Waals surface area contributed by atoms with Gasteiger partial charge in [0.15, 0.2) is 0 Å². The summed E-state index contributed by atoms with van der Waals surface area (Å²) in [5.41, 5.74) is 3.27. The van der Waals surface area contributed by atoms with Gasteiger partial charge < -0.3 is 0 Å². The van der Waals surface area contributed by atoms with Crippen molar-refractivity contribution in [3.63, 3.8) is 0 Å². The van der Waals surface area contributed by atoms with Crippen LogP contribution in [0.3, 0.4) is 0 Å². The molecule has 0 aliphatic heterocycles. The first-order valence-corrected chi connectivity index (χ1v) is 20.5. The first-order valence-electron chi connectivity index (χ1n) is 12.8. The van der Waals surface area contributed by atoms with Gasteiger partial charge in [0.1, 0.15) is 0 Å². The van der Waals surface area contributed by atoms with Crippen molar-refractivity contribution in [3.05, 3.63) is 30.3 Å². The van der Waals surface area contributed by atoms with Crippen molar-refractivity contribution in [2.45, 2.75) is 109 Å². The number of aliphatic imine (C=N–C) groups is 1. The molecular weight excluding hydrogens is 507 g/mol. The van der Waals surface area contributed by atoms with Crippen molar-refractivity contribution in [2.75, 3.05) is 0 Å². The standard InChI is InChI=1S/C14H19N2O3.3C4H9.Sn/c17-14(18)11-7-2-1-6-10-13(16-19)15-12-8-4-3-5-9-12;3*1-3-4-2;/h3-6,8-9,19H,1-2,7,10-11H2,(H,15,16)(H,17,18);3*1,3-4H2,2H3;. The van der Waals surface area contributed by atoms with Crippen molar-refractivity contribution in [3.8, 4) is 0 Å². The Kier molecular flexibility index (Phi) is 15.7. The van der Waals surface area contributed by atoms with Crippen molar-refractivity contribution in [2.24, 2.45) is 4.99 Å². The van der Waals surface area contributed by atoms with Gasteiger partial charge in [-0.3, -0.25) is 0 Å². The summed E-state index contributed by atoms with van der Waals surface area (Å²) in [5.74, 6) is -0.0485. The van der Waals surface area contributed by atoms with E-state index in [-0.39, 0.29) is 6.42 Å². The summed E-state index contributed by atoms with van der Waals surface area (Å²) in [7, 11) is 0. The van der Waals surface area contributed by atoms with Gasteiger partial charge in [-0.15, -0.1) is 0 Å². The average Bonchev–Trinajstić information content (AvgIpc) is 2.80. The van der Waals surface area contributed by atoms with Crippen LogP contribution in [0.2, 0.25) is 17.2 Å². The predicted molar refractivity (Wildman–Crippen MR) is 138 cm³/mol. The summed E-state index contributed by atoms with van der Waals surface area (Å²) in [4.78, 5) is 15.8. The van der Waals surface area contributed by atoms with Crippen LogP contribution in [-0.4, -0.2) is 40.5 Å². The maximum atomic E-state index is 11.0. The summed E-state index contributed by atoms with van der Waals surface area (Å²) in [5, 5.41) is 19.0. The van der Waals surface area contributed by atoms with Crippen LogP contribution in [0.25, 0.3) is 0 Å². The molecule has 32 heavy (non-hydrogen) atoms. The zero-order valence-electron chi connectivity index (χ0n) is 20.6. The number of nitrogens with zero attached hydrogens (tertiary/aromatic N) is 1. The number of carboxylic acid groups (broad SMARTS) is 1. The molecule has 5 nitrogen and oxygen atoms in total. The van der Waals surface area contributed by atoms with Gasteiger partial charge in [-0.05, 0) is 0 Å². The fourth-order valence-electron chi connectivity index (χ4n) is 4.87. The first kappa shape index (κ1) is 29.0. The van der Waals surface area contributed by atoms with Gasteiger partial charge in [0.2, 0.25) is 0 Å². The van der Waals surface area contributed by atoms with E-state index in [1.165, 1.54) is 51.8 Å². The number of benzene rings is 1. The normalized spacial score (nSPS) is 13.2. The van der Waals surface area contributed by atoms with Crippen LogP contribution in [0.4, 0.5) is 5.69 Å². The number of unbranched alkanes of at least 4 members (excludes halogenated alkanes) is 4. The molecule has 0 saturated heterocycles. The molecule has 1 atom stereocenters. The Bertz CT molecular complexity index is 630. The van der Waals surface area contributed by atoms with Gasteiger partial charge in [-0.2, -0.15) is 0 Å². The fourth-order valence-corrected chi connectivity index (χ4v) is 23.7. The summed E-state index contributed by atoms with van der Waals surface area (Å²) in [6.07, 6.45) is 11.4. The SMILES string of the molecule is CCC[CH2][Sn]([CH2]CCC)([CH2]CCC)[CH](CCCCC(=O)O)CC(=Nc1ccccc1)NO. The summed E-state index contributed by atoms with van der Waals surface area (Å²) >= 11 is -2.59. The van der Waals surface area contributed by atoms with Crippen LogP contribution in [0.5, 0.6) is 0 Å². The molecule has 1 unspecified atom stereocenters. The van der Waals surface area contributed by atoms with Crippen LogP contribution in [-0.2, 0) is 4.79 Å². The van der Waals surface area contributed by atoms with Gasteiger partial charge in [-0.25, -0.2) is 0 Å². The van der Waals surface area contributed by atoms with Gasteiger partial charge in [0, 0.05) is 0 Å². The molecule has 1 aromatic rings. The van der Waals surface area contributed by atoms with E-state index in [0.717, 1.165) is 31.4 Å². The Balaban J connectivity index is 3.22. The Morgan fingerprint density at radius 3 is 1.97 bits per heavy atom. The van der Waals surface area contributed by atoms with E-state index in [4.69, 9.17) is 10.1 Å². The van der Waals surface area contributed by atoms with E-state index in [1.54, 1.807) is 0 Å². The van der Waals surface area contributed by atoms with E-state index < -0.39 is 24.3 Å². The number of hydrogen-bond donors (Lipinski definition) is 3. The zero-order valence-corrected chi connectivity index (χ0v) is 23.5. The molecule has 182 valence electrons.